The zero-order chi connectivity index (χ0) is 18.7. The summed E-state index contributed by atoms with van der Waals surface area (Å²) in [6.45, 7) is 3.03. The van der Waals surface area contributed by atoms with E-state index >= 15 is 0 Å². The highest BCUT2D eigenvalue weighted by Gasteiger charge is 2.43. The first-order valence-electron chi connectivity index (χ1n) is 9.49. The highest BCUT2D eigenvalue weighted by atomic mass is 19.4. The molecule has 7 heteroatoms. The Morgan fingerprint density at radius 3 is 2.65 bits per heavy atom. The molecular formula is C19H27F3N2O2. The second kappa shape index (κ2) is 8.03. The van der Waals surface area contributed by atoms with Crippen LogP contribution in [-0.2, 0) is 4.79 Å². The fourth-order valence-electron chi connectivity index (χ4n) is 4.06. The van der Waals surface area contributed by atoms with Gasteiger partial charge < -0.3 is 9.32 Å². The first-order valence-corrected chi connectivity index (χ1v) is 9.49. The minimum atomic E-state index is -4.23. The van der Waals surface area contributed by atoms with E-state index in [2.05, 4.69) is 4.90 Å². The highest BCUT2D eigenvalue weighted by Crippen LogP contribution is 2.34. The SMILES string of the molecule is Cc1ccc(C2CCCCCN2CC(=O)N2CCCC(C(F)(F)F)C2)o1. The van der Waals surface area contributed by atoms with Gasteiger partial charge in [0.25, 0.3) is 0 Å². The summed E-state index contributed by atoms with van der Waals surface area (Å²) in [5.41, 5.74) is 0. The number of nitrogens with zero attached hydrogens (tertiary/aromatic N) is 2. The average molecular weight is 372 g/mol. The molecule has 0 N–H and O–H groups in total. The van der Waals surface area contributed by atoms with Gasteiger partial charge in [0.15, 0.2) is 0 Å². The molecule has 3 heterocycles. The third-order valence-corrected chi connectivity index (χ3v) is 5.53. The van der Waals surface area contributed by atoms with Crippen LogP contribution in [0.5, 0.6) is 0 Å². The van der Waals surface area contributed by atoms with Crippen molar-refractivity contribution in [1.29, 1.82) is 0 Å². The van der Waals surface area contributed by atoms with Crippen LogP contribution in [0.15, 0.2) is 16.5 Å². The predicted octanol–water partition coefficient (Wildman–Crippen LogP) is 4.31. The molecule has 1 aromatic heterocycles. The van der Waals surface area contributed by atoms with E-state index in [1.54, 1.807) is 0 Å². The maximum atomic E-state index is 13.0. The molecule has 0 aromatic carbocycles. The zero-order valence-electron chi connectivity index (χ0n) is 15.2. The van der Waals surface area contributed by atoms with E-state index in [4.69, 9.17) is 4.42 Å². The van der Waals surface area contributed by atoms with Crippen LogP contribution in [0.2, 0.25) is 0 Å². The lowest BCUT2D eigenvalue weighted by Gasteiger charge is -2.36. The third kappa shape index (κ3) is 4.61. The Morgan fingerprint density at radius 2 is 1.96 bits per heavy atom. The number of carbonyl (C=O) groups is 1. The van der Waals surface area contributed by atoms with Gasteiger partial charge in [0.2, 0.25) is 5.91 Å². The second-order valence-electron chi connectivity index (χ2n) is 7.50. The van der Waals surface area contributed by atoms with Crippen molar-refractivity contribution < 1.29 is 22.4 Å². The number of carbonyl (C=O) groups excluding carboxylic acids is 1. The molecule has 2 fully saturated rings. The number of halogens is 3. The lowest BCUT2D eigenvalue weighted by molar-refractivity contribution is -0.188. The first-order chi connectivity index (χ1) is 12.3. The van der Waals surface area contributed by atoms with Crippen molar-refractivity contribution in [3.05, 3.63) is 23.7 Å². The fourth-order valence-corrected chi connectivity index (χ4v) is 4.06. The van der Waals surface area contributed by atoms with Gasteiger partial charge in [-0.25, -0.2) is 0 Å². The van der Waals surface area contributed by atoms with Gasteiger partial charge in [-0.05, 0) is 51.3 Å². The number of furan rings is 1. The van der Waals surface area contributed by atoms with Crippen LogP contribution < -0.4 is 0 Å². The van der Waals surface area contributed by atoms with Gasteiger partial charge in [-0.2, -0.15) is 13.2 Å². The van der Waals surface area contributed by atoms with Crippen molar-refractivity contribution in [2.75, 3.05) is 26.2 Å². The van der Waals surface area contributed by atoms with Gasteiger partial charge in [0, 0.05) is 13.1 Å². The topological polar surface area (TPSA) is 36.7 Å². The summed E-state index contributed by atoms with van der Waals surface area (Å²) in [6, 6.07) is 3.89. The van der Waals surface area contributed by atoms with Crippen molar-refractivity contribution in [3.63, 3.8) is 0 Å². The van der Waals surface area contributed by atoms with Crippen LogP contribution >= 0.6 is 0 Å². The van der Waals surface area contributed by atoms with E-state index in [-0.39, 0.29) is 31.5 Å². The third-order valence-electron chi connectivity index (χ3n) is 5.53. The van der Waals surface area contributed by atoms with Crippen LogP contribution in [0.1, 0.15) is 56.1 Å². The summed E-state index contributed by atoms with van der Waals surface area (Å²) in [5, 5.41) is 0. The lowest BCUT2D eigenvalue weighted by atomic mass is 9.97. The Bertz CT molecular complexity index is 614. The van der Waals surface area contributed by atoms with Crippen molar-refractivity contribution in [1.82, 2.24) is 9.80 Å². The molecule has 0 saturated carbocycles. The van der Waals surface area contributed by atoms with Gasteiger partial charge in [-0.3, -0.25) is 9.69 Å². The van der Waals surface area contributed by atoms with Crippen LogP contribution in [0.25, 0.3) is 0 Å². The quantitative estimate of drug-likeness (QED) is 0.794. The van der Waals surface area contributed by atoms with E-state index in [0.29, 0.717) is 13.0 Å². The normalized spacial score (nSPS) is 25.9. The number of likely N-dealkylation sites (tertiary alicyclic amines) is 2. The van der Waals surface area contributed by atoms with Gasteiger partial charge >= 0.3 is 6.18 Å². The molecule has 3 rings (SSSR count). The minimum Gasteiger partial charge on any atom is -0.465 e. The summed E-state index contributed by atoms with van der Waals surface area (Å²) in [7, 11) is 0. The summed E-state index contributed by atoms with van der Waals surface area (Å²) in [6.07, 6.45) is 0.369. The molecule has 1 aromatic rings. The Morgan fingerprint density at radius 1 is 1.15 bits per heavy atom. The molecule has 0 aliphatic carbocycles. The first kappa shape index (κ1) is 19.3. The van der Waals surface area contributed by atoms with Crippen LogP contribution in [-0.4, -0.2) is 48.1 Å². The number of hydrogen-bond donors (Lipinski definition) is 0. The fraction of sp³-hybridized carbons (Fsp3) is 0.737. The molecule has 2 aliphatic rings. The number of alkyl halides is 3. The Kier molecular flexibility index (Phi) is 5.95. The molecule has 1 amide bonds. The lowest BCUT2D eigenvalue weighted by Crippen LogP contribution is -2.48. The van der Waals surface area contributed by atoms with E-state index in [9.17, 15) is 18.0 Å². The monoisotopic (exact) mass is 372 g/mol. The van der Waals surface area contributed by atoms with Crippen LogP contribution in [0.4, 0.5) is 13.2 Å². The predicted molar refractivity (Wildman–Crippen MR) is 91.6 cm³/mol. The second-order valence-corrected chi connectivity index (χ2v) is 7.50. The Hall–Kier alpha value is -1.50. The number of piperidine rings is 1. The smallest absolute Gasteiger partial charge is 0.393 e. The van der Waals surface area contributed by atoms with Gasteiger partial charge in [-0.15, -0.1) is 0 Å². The summed E-state index contributed by atoms with van der Waals surface area (Å²) in [4.78, 5) is 16.2. The van der Waals surface area contributed by atoms with Crippen molar-refractivity contribution in [2.45, 2.75) is 57.7 Å². The van der Waals surface area contributed by atoms with E-state index in [1.807, 2.05) is 19.1 Å². The molecule has 4 nitrogen and oxygen atoms in total. The van der Waals surface area contributed by atoms with Crippen molar-refractivity contribution >= 4 is 5.91 Å². The summed E-state index contributed by atoms with van der Waals surface area (Å²) < 4.78 is 44.8. The van der Waals surface area contributed by atoms with E-state index in [0.717, 1.165) is 43.7 Å². The van der Waals surface area contributed by atoms with Gasteiger partial charge in [-0.1, -0.05) is 12.8 Å². The number of rotatable bonds is 3. The molecule has 2 unspecified atom stereocenters. The number of aryl methyl sites for hydroxylation is 1. The summed E-state index contributed by atoms with van der Waals surface area (Å²) in [5.74, 6) is 0.0885. The molecule has 26 heavy (non-hydrogen) atoms. The number of hydrogen-bond acceptors (Lipinski definition) is 3. The van der Waals surface area contributed by atoms with Crippen molar-refractivity contribution in [3.8, 4) is 0 Å². The molecule has 0 spiro atoms. The highest BCUT2D eigenvalue weighted by molar-refractivity contribution is 5.78. The largest absolute Gasteiger partial charge is 0.465 e. The molecule has 2 atom stereocenters. The molecule has 146 valence electrons. The van der Waals surface area contributed by atoms with E-state index < -0.39 is 12.1 Å². The molecule has 0 bridgehead atoms. The Labute approximate surface area is 152 Å². The van der Waals surface area contributed by atoms with Crippen LogP contribution in [0.3, 0.4) is 0 Å². The minimum absolute atomic E-state index is 0.0263. The summed E-state index contributed by atoms with van der Waals surface area (Å²) >= 11 is 0. The van der Waals surface area contributed by atoms with Gasteiger partial charge in [0.1, 0.15) is 11.5 Å². The molecular weight excluding hydrogens is 345 g/mol. The zero-order valence-corrected chi connectivity index (χ0v) is 15.2. The van der Waals surface area contributed by atoms with E-state index in [1.165, 1.54) is 4.90 Å². The number of amides is 1. The standard InChI is InChI=1S/C19H27F3N2O2/c1-14-8-9-17(26-14)16-7-3-2-4-10-23(16)13-18(25)24-11-5-6-15(12-24)19(20,21)22/h8-9,15-16H,2-7,10-13H2,1H3. The molecule has 0 radical (unpaired) electrons. The molecule has 2 saturated heterocycles. The Balaban J connectivity index is 1.67. The maximum Gasteiger partial charge on any atom is 0.393 e. The molecule has 2 aliphatic heterocycles. The van der Waals surface area contributed by atoms with Crippen LogP contribution in [0, 0.1) is 12.8 Å². The van der Waals surface area contributed by atoms with Gasteiger partial charge in [0.05, 0.1) is 18.5 Å². The maximum absolute atomic E-state index is 13.0. The average Bonchev–Trinajstić information content (AvgIpc) is 2.89. The van der Waals surface area contributed by atoms with Crippen molar-refractivity contribution in [2.24, 2.45) is 5.92 Å².